The topological polar surface area (TPSA) is 21.3 Å². The predicted octanol–water partition coefficient (Wildman–Crippen LogP) is 3.79. The zero-order valence-electron chi connectivity index (χ0n) is 12.8. The van der Waals surface area contributed by atoms with Crippen LogP contribution in [0, 0.1) is 11.8 Å². The van der Waals surface area contributed by atoms with Crippen molar-refractivity contribution in [2.24, 2.45) is 11.8 Å². The molecule has 3 rings (SSSR count). The van der Waals surface area contributed by atoms with Crippen LogP contribution in [-0.4, -0.2) is 18.7 Å². The first-order valence-electron chi connectivity index (χ1n) is 8.21. The number of aryl methyl sites for hydroxylation is 1. The predicted molar refractivity (Wildman–Crippen MR) is 83.1 cm³/mol. The largest absolute Gasteiger partial charge is 0.491 e. The summed E-state index contributed by atoms with van der Waals surface area (Å²) in [4.78, 5) is 0. The van der Waals surface area contributed by atoms with E-state index in [0.29, 0.717) is 0 Å². The Balaban J connectivity index is 1.51. The van der Waals surface area contributed by atoms with Gasteiger partial charge in [0.2, 0.25) is 0 Å². The minimum Gasteiger partial charge on any atom is -0.491 e. The molecule has 0 aromatic heterocycles. The second-order valence-corrected chi connectivity index (χ2v) is 6.72. The van der Waals surface area contributed by atoms with Crippen LogP contribution < -0.4 is 10.1 Å². The molecule has 1 heterocycles. The molecule has 1 aliphatic carbocycles. The zero-order chi connectivity index (χ0) is 13.9. The number of ether oxygens (including phenoxy) is 1. The van der Waals surface area contributed by atoms with Crippen LogP contribution in [0.4, 0.5) is 0 Å². The first kappa shape index (κ1) is 13.9. The fourth-order valence-electron chi connectivity index (χ4n) is 3.95. The van der Waals surface area contributed by atoms with Crippen LogP contribution >= 0.6 is 0 Å². The van der Waals surface area contributed by atoms with Crippen LogP contribution in [0.25, 0.3) is 0 Å². The molecular formula is C18H27NO. The van der Waals surface area contributed by atoms with E-state index in [-0.39, 0.29) is 6.10 Å². The highest BCUT2D eigenvalue weighted by Gasteiger charge is 2.38. The number of rotatable bonds is 5. The van der Waals surface area contributed by atoms with Crippen LogP contribution in [0.15, 0.2) is 24.3 Å². The van der Waals surface area contributed by atoms with Gasteiger partial charge < -0.3 is 10.1 Å². The van der Waals surface area contributed by atoms with Crippen LogP contribution in [-0.2, 0) is 6.42 Å². The van der Waals surface area contributed by atoms with E-state index in [1.165, 1.54) is 44.2 Å². The number of hydrogen-bond acceptors (Lipinski definition) is 2. The van der Waals surface area contributed by atoms with Crippen molar-refractivity contribution >= 4 is 0 Å². The van der Waals surface area contributed by atoms with E-state index >= 15 is 0 Å². The molecule has 0 amide bonds. The highest BCUT2D eigenvalue weighted by Crippen LogP contribution is 2.39. The van der Waals surface area contributed by atoms with E-state index in [4.69, 9.17) is 4.74 Å². The molecule has 1 saturated carbocycles. The maximum Gasteiger partial charge on any atom is 0.119 e. The highest BCUT2D eigenvalue weighted by molar-refractivity contribution is 5.27. The Labute approximate surface area is 122 Å². The fourth-order valence-corrected chi connectivity index (χ4v) is 3.95. The Kier molecular flexibility index (Phi) is 4.30. The Morgan fingerprint density at radius 1 is 1.20 bits per heavy atom. The number of benzene rings is 1. The minimum absolute atomic E-state index is 0.253. The lowest BCUT2D eigenvalue weighted by atomic mass is 9.90. The first-order chi connectivity index (χ1) is 9.72. The van der Waals surface area contributed by atoms with E-state index in [2.05, 4.69) is 43.4 Å². The quantitative estimate of drug-likeness (QED) is 0.881. The lowest BCUT2D eigenvalue weighted by Gasteiger charge is -2.18. The van der Waals surface area contributed by atoms with Gasteiger partial charge in [-0.25, -0.2) is 0 Å². The van der Waals surface area contributed by atoms with Crippen LogP contribution in [0.3, 0.4) is 0 Å². The lowest BCUT2D eigenvalue weighted by molar-refractivity contribution is 0.242. The third-order valence-electron chi connectivity index (χ3n) is 4.92. The summed E-state index contributed by atoms with van der Waals surface area (Å²) < 4.78 is 5.69. The molecule has 1 saturated heterocycles. The van der Waals surface area contributed by atoms with Crippen molar-refractivity contribution in [2.75, 3.05) is 6.54 Å². The van der Waals surface area contributed by atoms with E-state index in [1.54, 1.807) is 0 Å². The summed E-state index contributed by atoms with van der Waals surface area (Å²) >= 11 is 0. The molecule has 0 radical (unpaired) electrons. The van der Waals surface area contributed by atoms with E-state index in [9.17, 15) is 0 Å². The van der Waals surface area contributed by atoms with Gasteiger partial charge in [-0.05, 0) is 75.6 Å². The third-order valence-corrected chi connectivity index (χ3v) is 4.92. The molecule has 1 aromatic rings. The van der Waals surface area contributed by atoms with Crippen LogP contribution in [0.1, 0.15) is 45.1 Å². The van der Waals surface area contributed by atoms with Gasteiger partial charge in [0, 0.05) is 6.04 Å². The highest BCUT2D eigenvalue weighted by atomic mass is 16.5. The van der Waals surface area contributed by atoms with E-state index < -0.39 is 0 Å². The minimum atomic E-state index is 0.253. The summed E-state index contributed by atoms with van der Waals surface area (Å²) in [5, 5.41) is 3.74. The number of fused-ring (bicyclic) bond motifs is 1. The van der Waals surface area contributed by atoms with Gasteiger partial charge in [0.25, 0.3) is 0 Å². The van der Waals surface area contributed by atoms with Gasteiger partial charge in [0.05, 0.1) is 6.10 Å². The lowest BCUT2D eigenvalue weighted by Crippen LogP contribution is -2.27. The zero-order valence-corrected chi connectivity index (χ0v) is 12.8. The normalized spacial score (nSPS) is 28.9. The van der Waals surface area contributed by atoms with Crippen molar-refractivity contribution in [1.29, 1.82) is 0 Å². The summed E-state index contributed by atoms with van der Waals surface area (Å²) in [6.45, 7) is 5.39. The average molecular weight is 273 g/mol. The molecule has 0 spiro atoms. The molecule has 1 aromatic carbocycles. The number of hydrogen-bond donors (Lipinski definition) is 1. The van der Waals surface area contributed by atoms with Gasteiger partial charge in [-0.15, -0.1) is 0 Å². The molecule has 1 aliphatic heterocycles. The van der Waals surface area contributed by atoms with Gasteiger partial charge in [0.1, 0.15) is 5.75 Å². The molecular weight excluding hydrogens is 246 g/mol. The molecule has 1 N–H and O–H groups in total. The molecule has 110 valence electrons. The summed E-state index contributed by atoms with van der Waals surface area (Å²) in [5.74, 6) is 2.92. The van der Waals surface area contributed by atoms with Crippen LogP contribution in [0.2, 0.25) is 0 Å². The molecule has 2 heteroatoms. The van der Waals surface area contributed by atoms with Crippen molar-refractivity contribution in [1.82, 2.24) is 5.32 Å². The summed E-state index contributed by atoms with van der Waals surface area (Å²) in [6.07, 6.45) is 7.07. The molecule has 20 heavy (non-hydrogen) atoms. The van der Waals surface area contributed by atoms with Gasteiger partial charge in [-0.2, -0.15) is 0 Å². The molecule has 3 unspecified atom stereocenters. The van der Waals surface area contributed by atoms with Gasteiger partial charge in [-0.1, -0.05) is 18.6 Å². The number of nitrogens with one attached hydrogen (secondary N) is 1. The second kappa shape index (κ2) is 6.17. The van der Waals surface area contributed by atoms with Crippen molar-refractivity contribution in [2.45, 2.75) is 58.1 Å². The fraction of sp³-hybridized carbons (Fsp3) is 0.667. The Morgan fingerprint density at radius 2 is 2.00 bits per heavy atom. The van der Waals surface area contributed by atoms with Gasteiger partial charge >= 0.3 is 0 Å². The van der Waals surface area contributed by atoms with Gasteiger partial charge in [0.15, 0.2) is 0 Å². The molecule has 2 nitrogen and oxygen atoms in total. The Hall–Kier alpha value is -1.02. The van der Waals surface area contributed by atoms with Crippen molar-refractivity contribution in [3.8, 4) is 5.75 Å². The maximum atomic E-state index is 5.69. The SMILES string of the molecule is CC(C)Oc1ccc(CCC2NCC3CCCC32)cc1. The Bertz CT molecular complexity index is 426. The standard InChI is InChI=1S/C18H27NO/c1-13(2)20-16-9-6-14(7-10-16)8-11-18-17-5-3-4-15(17)12-19-18/h6-7,9-10,13,15,17-19H,3-5,8,11-12H2,1-2H3. The summed E-state index contributed by atoms with van der Waals surface area (Å²) in [5.41, 5.74) is 1.43. The van der Waals surface area contributed by atoms with E-state index in [1.807, 2.05) is 0 Å². The van der Waals surface area contributed by atoms with Crippen molar-refractivity contribution in [3.63, 3.8) is 0 Å². The van der Waals surface area contributed by atoms with Gasteiger partial charge in [-0.3, -0.25) is 0 Å². The summed E-state index contributed by atoms with van der Waals surface area (Å²) in [6, 6.07) is 9.41. The molecule has 3 atom stereocenters. The van der Waals surface area contributed by atoms with Crippen molar-refractivity contribution < 1.29 is 4.74 Å². The Morgan fingerprint density at radius 3 is 2.75 bits per heavy atom. The molecule has 2 fully saturated rings. The summed E-state index contributed by atoms with van der Waals surface area (Å²) in [7, 11) is 0. The smallest absolute Gasteiger partial charge is 0.119 e. The maximum absolute atomic E-state index is 5.69. The molecule has 2 aliphatic rings. The van der Waals surface area contributed by atoms with Crippen LogP contribution in [0.5, 0.6) is 5.75 Å². The average Bonchev–Trinajstić information content (AvgIpc) is 3.01. The van der Waals surface area contributed by atoms with Crippen molar-refractivity contribution in [3.05, 3.63) is 29.8 Å². The second-order valence-electron chi connectivity index (χ2n) is 6.72. The van der Waals surface area contributed by atoms with E-state index in [0.717, 1.165) is 23.6 Å². The third kappa shape index (κ3) is 3.17. The monoisotopic (exact) mass is 273 g/mol. The first-order valence-corrected chi connectivity index (χ1v) is 8.21. The molecule has 0 bridgehead atoms.